The zero-order chi connectivity index (χ0) is 42.3. The van der Waals surface area contributed by atoms with Crippen LogP contribution in [-0.4, -0.2) is 47.7 Å². The lowest BCUT2D eigenvalue weighted by atomic mass is 9.95. The van der Waals surface area contributed by atoms with E-state index in [2.05, 4.69) is 5.32 Å². The molecule has 314 valence electrons. The molecule has 0 radical (unpaired) electrons. The number of ether oxygens (including phenoxy) is 3. The number of carbonyl (C=O) groups excluding carboxylic acids is 5. The molecule has 0 bridgehead atoms. The first-order valence-electron chi connectivity index (χ1n) is 19.8. The van der Waals surface area contributed by atoms with Crippen molar-refractivity contribution in [1.82, 2.24) is 10.2 Å². The average Bonchev–Trinajstić information content (AvgIpc) is 3.24. The average molecular weight is 817 g/mol. The van der Waals surface area contributed by atoms with E-state index in [4.69, 9.17) is 14.2 Å². The smallest absolute Gasteiger partial charge is 0.416 e. The van der Waals surface area contributed by atoms with E-state index in [1.807, 2.05) is 91.0 Å². The van der Waals surface area contributed by atoms with Crippen LogP contribution in [0.4, 0.5) is 18.0 Å². The van der Waals surface area contributed by atoms with E-state index >= 15 is 0 Å². The number of rotatable bonds is 24. The van der Waals surface area contributed by atoms with Crippen LogP contribution in [0.25, 0.3) is 0 Å². The van der Waals surface area contributed by atoms with Crippen molar-refractivity contribution in [2.24, 2.45) is 0 Å². The van der Waals surface area contributed by atoms with Crippen LogP contribution in [0, 0.1) is 0 Å². The molecule has 0 saturated heterocycles. The first-order chi connectivity index (χ1) is 28.5. The van der Waals surface area contributed by atoms with Crippen molar-refractivity contribution in [1.29, 1.82) is 0 Å². The Balaban J connectivity index is 1.39. The second kappa shape index (κ2) is 24.7. The van der Waals surface area contributed by atoms with Crippen molar-refractivity contribution < 1.29 is 51.4 Å². The molecule has 0 saturated carbocycles. The second-order valence-electron chi connectivity index (χ2n) is 14.0. The molecule has 0 aliphatic carbocycles. The Labute approximate surface area is 343 Å². The first-order valence-corrected chi connectivity index (χ1v) is 19.8. The number of nitrogens with one attached hydrogen (secondary N) is 1. The molecule has 2 amide bonds. The maximum atomic E-state index is 14.0. The van der Waals surface area contributed by atoms with Gasteiger partial charge in [-0.1, -0.05) is 110 Å². The fourth-order valence-electron chi connectivity index (χ4n) is 6.20. The summed E-state index contributed by atoms with van der Waals surface area (Å²) >= 11 is 0. The van der Waals surface area contributed by atoms with Crippen molar-refractivity contribution >= 4 is 29.7 Å². The molecule has 4 aromatic rings. The zero-order valence-electron chi connectivity index (χ0n) is 33.0. The number of carbonyl (C=O) groups is 5. The van der Waals surface area contributed by atoms with E-state index in [1.165, 1.54) is 17.0 Å². The highest BCUT2D eigenvalue weighted by atomic mass is 19.4. The van der Waals surface area contributed by atoms with Gasteiger partial charge in [0.1, 0.15) is 25.9 Å². The summed E-state index contributed by atoms with van der Waals surface area (Å²) in [5, 5.41) is 2.65. The highest BCUT2D eigenvalue weighted by molar-refractivity contribution is 5.90. The number of hydrogen-bond acceptors (Lipinski definition) is 8. The molecule has 0 aliphatic rings. The van der Waals surface area contributed by atoms with Crippen molar-refractivity contribution in [3.63, 3.8) is 0 Å². The summed E-state index contributed by atoms with van der Waals surface area (Å²) in [6, 6.07) is 30.5. The number of ketones is 1. The van der Waals surface area contributed by atoms with Gasteiger partial charge in [0.2, 0.25) is 5.91 Å². The summed E-state index contributed by atoms with van der Waals surface area (Å²) in [6.07, 6.45) is -3.00. The quantitative estimate of drug-likeness (QED) is 0.0421. The minimum Gasteiger partial charge on any atom is -0.461 e. The van der Waals surface area contributed by atoms with Gasteiger partial charge in [-0.2, -0.15) is 13.2 Å². The molecule has 1 N–H and O–H groups in total. The van der Waals surface area contributed by atoms with E-state index in [9.17, 15) is 37.1 Å². The molecular weight excluding hydrogens is 766 g/mol. The Morgan fingerprint density at radius 1 is 0.542 bits per heavy atom. The molecule has 0 aliphatic heterocycles. The number of alkyl carbamates (subject to hydrolysis) is 1. The third-order valence-electron chi connectivity index (χ3n) is 9.36. The maximum Gasteiger partial charge on any atom is 0.416 e. The van der Waals surface area contributed by atoms with Gasteiger partial charge in [0.15, 0.2) is 5.78 Å². The van der Waals surface area contributed by atoms with Gasteiger partial charge in [0.05, 0.1) is 5.56 Å². The van der Waals surface area contributed by atoms with Crippen LogP contribution in [0.2, 0.25) is 0 Å². The molecule has 0 spiro atoms. The van der Waals surface area contributed by atoms with Crippen LogP contribution in [0.3, 0.4) is 0 Å². The summed E-state index contributed by atoms with van der Waals surface area (Å²) in [5.74, 6) is -1.62. The van der Waals surface area contributed by atoms with E-state index in [0.29, 0.717) is 25.7 Å². The predicted molar refractivity (Wildman–Crippen MR) is 214 cm³/mol. The fourth-order valence-corrected chi connectivity index (χ4v) is 6.20. The van der Waals surface area contributed by atoms with Gasteiger partial charge in [-0.3, -0.25) is 19.2 Å². The summed E-state index contributed by atoms with van der Waals surface area (Å²) in [5.41, 5.74) is 1.80. The third kappa shape index (κ3) is 17.2. The Hall–Kier alpha value is -5.98. The highest BCUT2D eigenvalue weighted by Gasteiger charge is 2.33. The number of esters is 2. The maximum absolute atomic E-state index is 14.0. The summed E-state index contributed by atoms with van der Waals surface area (Å²) in [6.45, 7) is 0.395. The zero-order valence-corrected chi connectivity index (χ0v) is 33.0. The molecule has 0 aromatic heterocycles. The minimum atomic E-state index is -4.61. The molecule has 59 heavy (non-hydrogen) atoms. The monoisotopic (exact) mass is 816 g/mol. The number of Topliss-reactive ketones (excluding diaryl/α,β-unsaturated/α-hetero) is 1. The topological polar surface area (TPSA) is 128 Å². The number of hydrogen-bond donors (Lipinski definition) is 1. The Bertz CT molecular complexity index is 1890. The lowest BCUT2D eigenvalue weighted by molar-refractivity contribution is -0.146. The molecule has 0 heterocycles. The Kier molecular flexibility index (Phi) is 19.2. The van der Waals surface area contributed by atoms with Crippen LogP contribution >= 0.6 is 0 Å². The van der Waals surface area contributed by atoms with Gasteiger partial charge in [-0.05, 0) is 66.5 Å². The normalized spacial score (nSPS) is 11.6. The molecule has 10 nitrogen and oxygen atoms in total. The van der Waals surface area contributed by atoms with Crippen molar-refractivity contribution in [2.45, 2.75) is 96.2 Å². The number of nitrogens with zero attached hydrogens (tertiary/aromatic N) is 1. The molecule has 4 rings (SSSR count). The van der Waals surface area contributed by atoms with Gasteiger partial charge in [0.25, 0.3) is 0 Å². The van der Waals surface area contributed by atoms with Crippen molar-refractivity contribution in [3.8, 4) is 0 Å². The summed E-state index contributed by atoms with van der Waals surface area (Å²) < 4.78 is 56.6. The number of amides is 2. The van der Waals surface area contributed by atoms with E-state index in [1.54, 1.807) is 0 Å². The number of unbranched alkanes of at least 4 members (excludes halogenated alkanes) is 3. The van der Waals surface area contributed by atoms with E-state index in [-0.39, 0.29) is 88.8 Å². The van der Waals surface area contributed by atoms with Gasteiger partial charge < -0.3 is 24.4 Å². The van der Waals surface area contributed by atoms with E-state index in [0.717, 1.165) is 28.8 Å². The summed E-state index contributed by atoms with van der Waals surface area (Å²) in [4.78, 5) is 66.5. The number of benzene rings is 4. The Morgan fingerprint density at radius 3 is 1.51 bits per heavy atom. The molecule has 4 aromatic carbocycles. The highest BCUT2D eigenvalue weighted by Crippen LogP contribution is 2.32. The van der Waals surface area contributed by atoms with Gasteiger partial charge in [-0.25, -0.2) is 4.79 Å². The first kappa shape index (κ1) is 45.7. The van der Waals surface area contributed by atoms with Crippen molar-refractivity contribution in [2.75, 3.05) is 13.1 Å². The number of alkyl halides is 3. The Morgan fingerprint density at radius 2 is 1.00 bits per heavy atom. The van der Waals surface area contributed by atoms with Crippen LogP contribution in [0.15, 0.2) is 115 Å². The van der Waals surface area contributed by atoms with Crippen molar-refractivity contribution in [3.05, 3.63) is 143 Å². The molecule has 13 heteroatoms. The molecule has 1 unspecified atom stereocenters. The second-order valence-corrected chi connectivity index (χ2v) is 14.0. The summed E-state index contributed by atoms with van der Waals surface area (Å²) in [7, 11) is 0. The van der Waals surface area contributed by atoms with Gasteiger partial charge in [-0.15, -0.1) is 0 Å². The van der Waals surface area contributed by atoms with E-state index < -0.39 is 35.8 Å². The fraction of sp³-hybridized carbons (Fsp3) is 0.370. The molecular formula is C46H51F3N2O8. The molecule has 1 atom stereocenters. The van der Waals surface area contributed by atoms with Crippen LogP contribution in [-0.2, 0) is 59.4 Å². The van der Waals surface area contributed by atoms with Crippen LogP contribution in [0.5, 0.6) is 0 Å². The third-order valence-corrected chi connectivity index (χ3v) is 9.36. The van der Waals surface area contributed by atoms with Gasteiger partial charge >= 0.3 is 24.2 Å². The minimum absolute atomic E-state index is 0.00809. The predicted octanol–water partition coefficient (Wildman–Crippen LogP) is 9.46. The molecule has 0 fully saturated rings. The van der Waals surface area contributed by atoms with Crippen LogP contribution in [0.1, 0.15) is 98.1 Å². The SMILES string of the molecule is O=C(CCCCCC(=O)C(c1ccc(C(F)(F)F)cc1)N(CCCNC(=O)OCc1ccccc1)C(=O)CCCCC(=O)OCc1ccccc1)OCc1ccccc1. The van der Waals surface area contributed by atoms with Crippen LogP contribution < -0.4 is 5.32 Å². The standard InChI is InChI=1S/C46H51F3N2O8/c47-46(48,49)39-28-26-38(27-29-39)44(40(52)22-11-4-12-24-42(54)57-32-35-16-5-1-6-17-35)51(31-15-30-50-45(56)59-34-37-20-9-3-10-21-37)41(53)23-13-14-25-43(55)58-33-36-18-7-2-8-19-36/h1-3,5-10,16-21,26-29,44H,4,11-15,22-25,30-34H2,(H,50,56). The largest absolute Gasteiger partial charge is 0.461 e. The lowest BCUT2D eigenvalue weighted by Gasteiger charge is -2.32. The van der Waals surface area contributed by atoms with Gasteiger partial charge in [0, 0.05) is 38.8 Å². The number of halogens is 3. The lowest BCUT2D eigenvalue weighted by Crippen LogP contribution is -2.41.